The van der Waals surface area contributed by atoms with Crippen molar-refractivity contribution in [3.63, 3.8) is 0 Å². The van der Waals surface area contributed by atoms with Gasteiger partial charge in [0.2, 0.25) is 0 Å². The fraction of sp³-hybridized carbons (Fsp3) is 0.158. The quantitative estimate of drug-likeness (QED) is 0.597. The van der Waals surface area contributed by atoms with E-state index in [9.17, 15) is 13.6 Å². The summed E-state index contributed by atoms with van der Waals surface area (Å²) in [4.78, 5) is 12.7. The molecule has 0 saturated heterocycles. The van der Waals surface area contributed by atoms with Crippen molar-refractivity contribution in [1.29, 1.82) is 0 Å². The molecule has 1 amide bonds. The first kappa shape index (κ1) is 18.1. The van der Waals surface area contributed by atoms with Crippen molar-refractivity contribution in [3.8, 4) is 11.3 Å². The van der Waals surface area contributed by atoms with Gasteiger partial charge in [-0.05, 0) is 55.3 Å². The SMILES string of the molecule is Cc1ccc(-c2cc(C(=O)Nc3ccc(SC(F)F)cc3)no2)cc1C. The van der Waals surface area contributed by atoms with Crippen molar-refractivity contribution in [1.82, 2.24) is 5.16 Å². The highest BCUT2D eigenvalue weighted by Crippen LogP contribution is 2.27. The standard InChI is InChI=1S/C19H16F2N2O2S/c1-11-3-4-13(9-12(11)2)17-10-16(23-25-17)18(24)22-14-5-7-15(8-6-14)26-19(20)21/h3-10,19H,1-2H3,(H,22,24). The van der Waals surface area contributed by atoms with Crippen LogP contribution >= 0.6 is 11.8 Å². The van der Waals surface area contributed by atoms with Crippen LogP contribution in [0.5, 0.6) is 0 Å². The second-order valence-electron chi connectivity index (χ2n) is 5.73. The minimum Gasteiger partial charge on any atom is -0.355 e. The Morgan fingerprint density at radius 1 is 1.08 bits per heavy atom. The molecule has 1 aromatic heterocycles. The lowest BCUT2D eigenvalue weighted by atomic mass is 10.0. The molecule has 3 rings (SSSR count). The molecule has 0 atom stereocenters. The molecule has 0 aliphatic heterocycles. The maximum absolute atomic E-state index is 12.3. The van der Waals surface area contributed by atoms with Crippen LogP contribution in [0.25, 0.3) is 11.3 Å². The number of nitrogens with one attached hydrogen (secondary N) is 1. The molecule has 0 aliphatic carbocycles. The van der Waals surface area contributed by atoms with Crippen molar-refractivity contribution in [3.05, 3.63) is 65.4 Å². The van der Waals surface area contributed by atoms with Crippen LogP contribution in [0.3, 0.4) is 0 Å². The van der Waals surface area contributed by atoms with Crippen LogP contribution in [0.15, 0.2) is 57.9 Å². The molecule has 0 aliphatic rings. The molecule has 0 spiro atoms. The Bertz CT molecular complexity index is 924. The van der Waals surface area contributed by atoms with Gasteiger partial charge in [0, 0.05) is 22.2 Å². The van der Waals surface area contributed by atoms with Crippen LogP contribution in [0.2, 0.25) is 0 Å². The van der Waals surface area contributed by atoms with Gasteiger partial charge in [0.25, 0.3) is 11.7 Å². The van der Waals surface area contributed by atoms with E-state index in [0.29, 0.717) is 28.1 Å². The Morgan fingerprint density at radius 2 is 1.81 bits per heavy atom. The molecule has 1 heterocycles. The largest absolute Gasteiger partial charge is 0.355 e. The molecule has 0 saturated carbocycles. The van der Waals surface area contributed by atoms with Gasteiger partial charge in [-0.15, -0.1) is 0 Å². The smallest absolute Gasteiger partial charge is 0.288 e. The fourth-order valence-electron chi connectivity index (χ4n) is 2.33. The van der Waals surface area contributed by atoms with Gasteiger partial charge in [0.15, 0.2) is 11.5 Å². The van der Waals surface area contributed by atoms with Gasteiger partial charge in [-0.25, -0.2) is 0 Å². The Hall–Kier alpha value is -2.67. The maximum atomic E-state index is 12.3. The number of anilines is 1. The lowest BCUT2D eigenvalue weighted by Gasteiger charge is -2.04. The van der Waals surface area contributed by atoms with Crippen LogP contribution in [0.1, 0.15) is 21.6 Å². The Morgan fingerprint density at radius 3 is 2.46 bits per heavy atom. The minimum absolute atomic E-state index is 0.143. The highest BCUT2D eigenvalue weighted by molar-refractivity contribution is 7.99. The molecule has 0 radical (unpaired) electrons. The number of carbonyl (C=O) groups is 1. The molecule has 1 N–H and O–H groups in total. The number of aryl methyl sites for hydroxylation is 2. The van der Waals surface area contributed by atoms with E-state index in [2.05, 4.69) is 10.5 Å². The zero-order chi connectivity index (χ0) is 18.7. The second-order valence-corrected chi connectivity index (χ2v) is 6.80. The first-order chi connectivity index (χ1) is 12.4. The number of halogens is 2. The lowest BCUT2D eigenvalue weighted by molar-refractivity contribution is 0.101. The number of hydrogen-bond acceptors (Lipinski definition) is 4. The molecule has 26 heavy (non-hydrogen) atoms. The van der Waals surface area contributed by atoms with Gasteiger partial charge in [0.1, 0.15) is 0 Å². The van der Waals surface area contributed by atoms with Gasteiger partial charge >= 0.3 is 0 Å². The third-order valence-corrected chi connectivity index (χ3v) is 4.59. The van der Waals surface area contributed by atoms with Gasteiger partial charge in [-0.3, -0.25) is 4.79 Å². The van der Waals surface area contributed by atoms with Crippen molar-refractivity contribution >= 4 is 23.4 Å². The third-order valence-electron chi connectivity index (χ3n) is 3.87. The highest BCUT2D eigenvalue weighted by Gasteiger charge is 2.14. The summed E-state index contributed by atoms with van der Waals surface area (Å²) in [5.74, 6) is -2.41. The van der Waals surface area contributed by atoms with E-state index in [4.69, 9.17) is 4.52 Å². The monoisotopic (exact) mass is 374 g/mol. The van der Waals surface area contributed by atoms with E-state index in [1.807, 2.05) is 32.0 Å². The van der Waals surface area contributed by atoms with Gasteiger partial charge in [0.05, 0.1) is 0 Å². The summed E-state index contributed by atoms with van der Waals surface area (Å²) in [6, 6.07) is 13.6. The molecule has 134 valence electrons. The zero-order valence-electron chi connectivity index (χ0n) is 14.1. The molecule has 0 unspecified atom stereocenters. The van der Waals surface area contributed by atoms with E-state index in [1.54, 1.807) is 18.2 Å². The summed E-state index contributed by atoms with van der Waals surface area (Å²) >= 11 is 0.452. The van der Waals surface area contributed by atoms with Crippen LogP contribution in [-0.2, 0) is 0 Å². The first-order valence-corrected chi connectivity index (χ1v) is 8.71. The van der Waals surface area contributed by atoms with Crippen LogP contribution < -0.4 is 5.32 Å². The highest BCUT2D eigenvalue weighted by atomic mass is 32.2. The summed E-state index contributed by atoms with van der Waals surface area (Å²) in [5.41, 5.74) is 3.76. The molecular weight excluding hydrogens is 358 g/mol. The summed E-state index contributed by atoms with van der Waals surface area (Å²) in [6.45, 7) is 4.02. The third kappa shape index (κ3) is 4.29. The van der Waals surface area contributed by atoms with Crippen LogP contribution in [0.4, 0.5) is 14.5 Å². The number of rotatable bonds is 5. The minimum atomic E-state index is -2.48. The van der Waals surface area contributed by atoms with Gasteiger partial charge in [-0.2, -0.15) is 8.78 Å². The number of hydrogen-bond donors (Lipinski definition) is 1. The van der Waals surface area contributed by atoms with Crippen molar-refractivity contribution in [2.45, 2.75) is 24.5 Å². The normalized spacial score (nSPS) is 11.0. The maximum Gasteiger partial charge on any atom is 0.288 e. The second kappa shape index (κ2) is 7.70. The molecule has 2 aromatic carbocycles. The van der Waals surface area contributed by atoms with Crippen molar-refractivity contribution in [2.75, 3.05) is 5.32 Å². The van der Waals surface area contributed by atoms with Crippen molar-refractivity contribution < 1.29 is 18.1 Å². The number of carbonyl (C=O) groups excluding carboxylic acids is 1. The molecule has 4 nitrogen and oxygen atoms in total. The Balaban J connectivity index is 1.70. The average molecular weight is 374 g/mol. The summed E-state index contributed by atoms with van der Waals surface area (Å²) < 4.78 is 29.9. The van der Waals surface area contributed by atoms with Crippen LogP contribution in [0, 0.1) is 13.8 Å². The lowest BCUT2D eigenvalue weighted by Crippen LogP contribution is -2.11. The predicted molar refractivity (Wildman–Crippen MR) is 97.7 cm³/mol. The van der Waals surface area contributed by atoms with Gasteiger partial charge in [-0.1, -0.05) is 29.1 Å². The molecule has 0 fully saturated rings. The van der Waals surface area contributed by atoms with Gasteiger partial charge < -0.3 is 9.84 Å². The van der Waals surface area contributed by atoms with E-state index in [1.165, 1.54) is 17.7 Å². The van der Waals surface area contributed by atoms with E-state index >= 15 is 0 Å². The van der Waals surface area contributed by atoms with E-state index in [0.717, 1.165) is 11.1 Å². The molecule has 0 bridgehead atoms. The predicted octanol–water partition coefficient (Wildman–Crippen LogP) is 5.53. The number of benzene rings is 2. The zero-order valence-corrected chi connectivity index (χ0v) is 14.9. The molecule has 3 aromatic rings. The Kier molecular flexibility index (Phi) is 5.37. The summed E-state index contributed by atoms with van der Waals surface area (Å²) in [7, 11) is 0. The topological polar surface area (TPSA) is 55.1 Å². The molecule has 7 heteroatoms. The number of nitrogens with zero attached hydrogens (tertiary/aromatic N) is 1. The summed E-state index contributed by atoms with van der Waals surface area (Å²) in [6.07, 6.45) is 0. The Labute approximate surface area is 153 Å². The van der Waals surface area contributed by atoms with E-state index < -0.39 is 11.7 Å². The molecular formula is C19H16F2N2O2S. The number of amides is 1. The first-order valence-electron chi connectivity index (χ1n) is 7.83. The number of alkyl halides is 2. The number of thioether (sulfide) groups is 1. The van der Waals surface area contributed by atoms with E-state index in [-0.39, 0.29) is 5.69 Å². The average Bonchev–Trinajstić information content (AvgIpc) is 3.09. The van der Waals surface area contributed by atoms with Crippen LogP contribution in [-0.4, -0.2) is 16.8 Å². The van der Waals surface area contributed by atoms with Crippen molar-refractivity contribution in [2.24, 2.45) is 0 Å². The fourth-order valence-corrected chi connectivity index (χ4v) is 2.83. The summed E-state index contributed by atoms with van der Waals surface area (Å²) in [5, 5.41) is 6.47. The number of aromatic nitrogens is 1.